The average molecular weight is 201 g/mol. The summed E-state index contributed by atoms with van der Waals surface area (Å²) in [6.45, 7) is 0.890. The number of hydrogen-bond donors (Lipinski definition) is 1. The van der Waals surface area contributed by atoms with Crippen LogP contribution in [0.5, 0.6) is 0 Å². The Labute approximate surface area is 79.9 Å². The van der Waals surface area contributed by atoms with Crippen molar-refractivity contribution in [2.24, 2.45) is 0 Å². The Morgan fingerprint density at radius 3 is 2.50 bits per heavy atom. The quantitative estimate of drug-likeness (QED) is 0.736. The van der Waals surface area contributed by atoms with E-state index in [1.807, 2.05) is 0 Å². The molecule has 1 aromatic carbocycles. The van der Waals surface area contributed by atoms with Gasteiger partial charge in [-0.25, -0.2) is 0 Å². The van der Waals surface area contributed by atoms with Gasteiger partial charge < -0.3 is 5.32 Å². The van der Waals surface area contributed by atoms with E-state index in [-0.39, 0.29) is 6.04 Å². The molecular weight excluding hydrogens is 191 g/mol. The Morgan fingerprint density at radius 1 is 1.29 bits per heavy atom. The van der Waals surface area contributed by atoms with Crippen molar-refractivity contribution in [1.29, 1.82) is 0 Å². The molecule has 1 saturated heterocycles. The van der Waals surface area contributed by atoms with Gasteiger partial charge in [0.2, 0.25) is 0 Å². The molecule has 0 spiro atoms. The molecule has 76 valence electrons. The molecular formula is C10H10F3N. The molecule has 1 atom stereocenters. The summed E-state index contributed by atoms with van der Waals surface area (Å²) in [5.41, 5.74) is 0.162. The van der Waals surface area contributed by atoms with Crippen molar-refractivity contribution in [3.63, 3.8) is 0 Å². The molecule has 1 aliphatic heterocycles. The normalized spacial score (nSPS) is 21.8. The molecule has 2 rings (SSSR count). The van der Waals surface area contributed by atoms with E-state index in [2.05, 4.69) is 5.32 Å². The van der Waals surface area contributed by atoms with E-state index < -0.39 is 11.7 Å². The fourth-order valence-corrected chi connectivity index (χ4v) is 1.50. The zero-order chi connectivity index (χ0) is 10.2. The molecule has 4 heteroatoms. The molecule has 0 aliphatic carbocycles. The second-order valence-electron chi connectivity index (χ2n) is 3.42. The van der Waals surface area contributed by atoms with Crippen molar-refractivity contribution in [1.82, 2.24) is 5.32 Å². The average Bonchev–Trinajstić information content (AvgIpc) is 2.00. The second-order valence-corrected chi connectivity index (χ2v) is 3.42. The summed E-state index contributed by atoms with van der Waals surface area (Å²) in [6, 6.07) is 5.61. The van der Waals surface area contributed by atoms with E-state index >= 15 is 0 Å². The first-order valence-electron chi connectivity index (χ1n) is 4.48. The number of hydrogen-bond acceptors (Lipinski definition) is 1. The van der Waals surface area contributed by atoms with Crippen molar-refractivity contribution in [2.75, 3.05) is 6.54 Å². The fraction of sp³-hybridized carbons (Fsp3) is 0.400. The fourth-order valence-electron chi connectivity index (χ4n) is 1.50. The summed E-state index contributed by atoms with van der Waals surface area (Å²) in [6.07, 6.45) is -3.32. The highest BCUT2D eigenvalue weighted by atomic mass is 19.4. The Kier molecular flexibility index (Phi) is 2.23. The minimum atomic E-state index is -4.24. The predicted molar refractivity (Wildman–Crippen MR) is 46.8 cm³/mol. The monoisotopic (exact) mass is 201 g/mol. The molecule has 0 radical (unpaired) electrons. The zero-order valence-electron chi connectivity index (χ0n) is 7.43. The summed E-state index contributed by atoms with van der Waals surface area (Å²) in [5, 5.41) is 3.07. The summed E-state index contributed by atoms with van der Waals surface area (Å²) >= 11 is 0. The topological polar surface area (TPSA) is 12.0 Å². The Morgan fingerprint density at radius 2 is 2.00 bits per heavy atom. The van der Waals surface area contributed by atoms with Crippen LogP contribution in [0.2, 0.25) is 0 Å². The van der Waals surface area contributed by atoms with E-state index in [1.54, 1.807) is 6.07 Å². The number of alkyl halides is 3. The van der Waals surface area contributed by atoms with Crippen LogP contribution in [-0.2, 0) is 6.18 Å². The largest absolute Gasteiger partial charge is 0.416 e. The van der Waals surface area contributed by atoms with Gasteiger partial charge in [-0.05, 0) is 30.7 Å². The summed E-state index contributed by atoms with van der Waals surface area (Å²) in [7, 11) is 0. The van der Waals surface area contributed by atoms with E-state index in [1.165, 1.54) is 12.1 Å². The first kappa shape index (κ1) is 9.52. The molecule has 1 heterocycles. The highest BCUT2D eigenvalue weighted by molar-refractivity contribution is 5.28. The van der Waals surface area contributed by atoms with Gasteiger partial charge in [0, 0.05) is 6.04 Å². The van der Waals surface area contributed by atoms with Gasteiger partial charge in [-0.15, -0.1) is 0 Å². The number of nitrogens with one attached hydrogen (secondary N) is 1. The van der Waals surface area contributed by atoms with Crippen molar-refractivity contribution < 1.29 is 13.2 Å². The van der Waals surface area contributed by atoms with Gasteiger partial charge >= 0.3 is 6.18 Å². The lowest BCUT2D eigenvalue weighted by Gasteiger charge is -2.28. The van der Waals surface area contributed by atoms with Gasteiger partial charge in [-0.3, -0.25) is 0 Å². The third-order valence-corrected chi connectivity index (χ3v) is 2.44. The van der Waals surface area contributed by atoms with Crippen LogP contribution in [0.4, 0.5) is 13.2 Å². The van der Waals surface area contributed by atoms with Crippen LogP contribution >= 0.6 is 0 Å². The van der Waals surface area contributed by atoms with Crippen LogP contribution in [0.25, 0.3) is 0 Å². The van der Waals surface area contributed by atoms with E-state index in [0.717, 1.165) is 24.6 Å². The summed E-state index contributed by atoms with van der Waals surface area (Å²) in [4.78, 5) is 0. The maximum atomic E-state index is 12.3. The predicted octanol–water partition coefficient (Wildman–Crippen LogP) is 2.74. The maximum Gasteiger partial charge on any atom is 0.416 e. The molecule has 0 aromatic heterocycles. The van der Waals surface area contributed by atoms with Gasteiger partial charge in [-0.2, -0.15) is 13.2 Å². The molecule has 14 heavy (non-hydrogen) atoms. The lowest BCUT2D eigenvalue weighted by atomic mass is 9.96. The first-order valence-corrected chi connectivity index (χ1v) is 4.48. The van der Waals surface area contributed by atoms with Crippen molar-refractivity contribution >= 4 is 0 Å². The van der Waals surface area contributed by atoms with Gasteiger partial charge in [0.05, 0.1) is 5.56 Å². The molecule has 1 unspecified atom stereocenters. The lowest BCUT2D eigenvalue weighted by Crippen LogP contribution is -2.35. The van der Waals surface area contributed by atoms with Gasteiger partial charge in [0.25, 0.3) is 0 Å². The molecule has 1 fully saturated rings. The number of halogens is 3. The van der Waals surface area contributed by atoms with Gasteiger partial charge in [0.15, 0.2) is 0 Å². The molecule has 0 bridgehead atoms. The van der Waals surface area contributed by atoms with Crippen LogP contribution in [0, 0.1) is 0 Å². The highest BCUT2D eigenvalue weighted by Gasteiger charge is 2.31. The van der Waals surface area contributed by atoms with Crippen molar-refractivity contribution in [2.45, 2.75) is 18.6 Å². The molecule has 1 aliphatic rings. The number of rotatable bonds is 1. The lowest BCUT2D eigenvalue weighted by molar-refractivity contribution is -0.137. The van der Waals surface area contributed by atoms with Crippen LogP contribution < -0.4 is 5.32 Å². The minimum absolute atomic E-state index is 0.109. The second kappa shape index (κ2) is 3.28. The SMILES string of the molecule is FC(F)(F)c1cccc(C2CCN2)c1. The van der Waals surface area contributed by atoms with Crippen LogP contribution in [0.1, 0.15) is 23.6 Å². The standard InChI is InChI=1S/C10H10F3N/c11-10(12,13)8-3-1-2-7(6-8)9-4-5-14-9/h1-3,6,9,14H,4-5H2. The first-order chi connectivity index (χ1) is 6.57. The van der Waals surface area contributed by atoms with E-state index in [4.69, 9.17) is 0 Å². The van der Waals surface area contributed by atoms with Gasteiger partial charge in [-0.1, -0.05) is 12.1 Å². The smallest absolute Gasteiger partial charge is 0.310 e. The molecule has 1 nitrogen and oxygen atoms in total. The highest BCUT2D eigenvalue weighted by Crippen LogP contribution is 2.32. The van der Waals surface area contributed by atoms with Crippen molar-refractivity contribution in [3.05, 3.63) is 35.4 Å². The molecule has 0 saturated carbocycles. The van der Waals surface area contributed by atoms with E-state index in [9.17, 15) is 13.2 Å². The zero-order valence-corrected chi connectivity index (χ0v) is 7.43. The van der Waals surface area contributed by atoms with Crippen molar-refractivity contribution in [3.8, 4) is 0 Å². The van der Waals surface area contributed by atoms with Crippen LogP contribution in [0.3, 0.4) is 0 Å². The minimum Gasteiger partial charge on any atom is -0.310 e. The Balaban J connectivity index is 2.26. The molecule has 1 aromatic rings. The maximum absolute atomic E-state index is 12.3. The van der Waals surface area contributed by atoms with E-state index in [0.29, 0.717) is 0 Å². The third kappa shape index (κ3) is 1.75. The van der Waals surface area contributed by atoms with Crippen LogP contribution in [0.15, 0.2) is 24.3 Å². The third-order valence-electron chi connectivity index (χ3n) is 2.44. The molecule has 1 N–H and O–H groups in total. The summed E-state index contributed by atoms with van der Waals surface area (Å²) < 4.78 is 37.0. The Bertz CT molecular complexity index is 328. The van der Waals surface area contributed by atoms with Gasteiger partial charge in [0.1, 0.15) is 0 Å². The Hall–Kier alpha value is -1.03. The number of benzene rings is 1. The molecule has 0 amide bonds. The van der Waals surface area contributed by atoms with Crippen LogP contribution in [-0.4, -0.2) is 6.54 Å². The summed E-state index contributed by atoms with van der Waals surface area (Å²) in [5.74, 6) is 0.